The summed E-state index contributed by atoms with van der Waals surface area (Å²) in [6.07, 6.45) is 0. The van der Waals surface area contributed by atoms with Gasteiger partial charge < -0.3 is 15.3 Å². The number of quaternary nitrogens is 1. The van der Waals surface area contributed by atoms with E-state index in [1.807, 2.05) is 49.5 Å². The highest BCUT2D eigenvalue weighted by molar-refractivity contribution is 6.33. The molecule has 1 atom stereocenters. The fraction of sp³-hybridized carbons (Fsp3) is 0.150. The number of aromatic hydroxyl groups is 1. The summed E-state index contributed by atoms with van der Waals surface area (Å²) in [5, 5.41) is 15.7. The van der Waals surface area contributed by atoms with Gasteiger partial charge in [-0.15, -0.1) is 0 Å². The summed E-state index contributed by atoms with van der Waals surface area (Å²) in [6.45, 7) is 0.816. The number of benzene rings is 3. The summed E-state index contributed by atoms with van der Waals surface area (Å²) >= 11 is 6.07. The number of anilines is 1. The Morgan fingerprint density at radius 3 is 2.60 bits per heavy atom. The maximum absolute atomic E-state index is 12.3. The summed E-state index contributed by atoms with van der Waals surface area (Å²) in [4.78, 5) is 13.2. The van der Waals surface area contributed by atoms with Crippen molar-refractivity contribution in [2.75, 3.05) is 18.9 Å². The Morgan fingerprint density at radius 2 is 1.80 bits per heavy atom. The second kappa shape index (κ2) is 7.55. The van der Waals surface area contributed by atoms with Gasteiger partial charge in [0.05, 0.1) is 23.3 Å². The number of nitrogens with one attached hydrogen (secondary N) is 2. The molecule has 0 heterocycles. The van der Waals surface area contributed by atoms with Crippen molar-refractivity contribution in [1.29, 1.82) is 0 Å². The molecule has 3 aromatic rings. The number of likely N-dealkylation sites (N-methyl/N-ethyl adjacent to an activating group) is 1. The molecule has 3 N–H and O–H groups in total. The quantitative estimate of drug-likeness (QED) is 0.659. The monoisotopic (exact) mass is 355 g/mol. The average molecular weight is 356 g/mol. The molecule has 0 saturated carbocycles. The maximum Gasteiger partial charge on any atom is 0.279 e. The van der Waals surface area contributed by atoms with Gasteiger partial charge in [0.25, 0.3) is 5.91 Å². The van der Waals surface area contributed by atoms with Crippen molar-refractivity contribution in [2.45, 2.75) is 6.54 Å². The van der Waals surface area contributed by atoms with Gasteiger partial charge in [0.2, 0.25) is 0 Å². The summed E-state index contributed by atoms with van der Waals surface area (Å²) in [5.41, 5.74) is 1.45. The molecule has 0 aromatic heterocycles. The smallest absolute Gasteiger partial charge is 0.279 e. The van der Waals surface area contributed by atoms with Gasteiger partial charge in [-0.2, -0.15) is 0 Å². The Labute approximate surface area is 151 Å². The standard InChI is InChI=1S/C20H19ClN2O2/c1-23(13-20(25)22-18-9-5-4-8-17(18)21)12-16-15-7-3-2-6-14(15)10-11-19(16)24/h2-11,24H,12-13H2,1H3,(H,22,25)/p+1. The van der Waals surface area contributed by atoms with Crippen LogP contribution in [0.3, 0.4) is 0 Å². The minimum absolute atomic E-state index is 0.120. The van der Waals surface area contributed by atoms with Gasteiger partial charge in [-0.1, -0.05) is 54.1 Å². The normalized spacial score (nSPS) is 12.1. The van der Waals surface area contributed by atoms with Crippen LogP contribution in [0.1, 0.15) is 5.56 Å². The van der Waals surface area contributed by atoms with Crippen LogP contribution in [0.15, 0.2) is 60.7 Å². The number of fused-ring (bicyclic) bond motifs is 1. The van der Waals surface area contributed by atoms with E-state index < -0.39 is 0 Å². The van der Waals surface area contributed by atoms with Crippen LogP contribution in [0.5, 0.6) is 5.75 Å². The summed E-state index contributed by atoms with van der Waals surface area (Å²) in [5.74, 6) is 0.134. The highest BCUT2D eigenvalue weighted by atomic mass is 35.5. The lowest BCUT2D eigenvalue weighted by molar-refractivity contribution is -0.885. The lowest BCUT2D eigenvalue weighted by Gasteiger charge is -2.16. The second-order valence-electron chi connectivity index (χ2n) is 6.12. The number of carbonyl (C=O) groups excluding carboxylic acids is 1. The molecule has 3 aromatic carbocycles. The SMILES string of the molecule is C[NH+](CC(=O)Nc1ccccc1Cl)Cc1c(O)ccc2ccccc12. The van der Waals surface area contributed by atoms with Gasteiger partial charge in [0.15, 0.2) is 6.54 Å². The Kier molecular flexibility index (Phi) is 5.22. The lowest BCUT2D eigenvalue weighted by atomic mass is 10.0. The number of amides is 1. The van der Waals surface area contributed by atoms with Crippen LogP contribution in [0, 0.1) is 0 Å². The molecule has 5 heteroatoms. The zero-order valence-corrected chi connectivity index (χ0v) is 14.7. The number of para-hydroxylation sites is 1. The number of carbonyl (C=O) groups is 1. The third-order valence-corrected chi connectivity index (χ3v) is 4.43. The van der Waals surface area contributed by atoms with Crippen LogP contribution in [0.25, 0.3) is 10.8 Å². The van der Waals surface area contributed by atoms with Gasteiger partial charge >= 0.3 is 0 Å². The first kappa shape index (κ1) is 17.3. The van der Waals surface area contributed by atoms with Gasteiger partial charge in [-0.05, 0) is 29.0 Å². The van der Waals surface area contributed by atoms with Crippen molar-refractivity contribution in [1.82, 2.24) is 0 Å². The number of hydrogen-bond donors (Lipinski definition) is 3. The molecule has 0 bridgehead atoms. The number of phenols is 1. The van der Waals surface area contributed by atoms with Crippen molar-refractivity contribution < 1.29 is 14.8 Å². The lowest BCUT2D eigenvalue weighted by Crippen LogP contribution is -3.08. The van der Waals surface area contributed by atoms with E-state index >= 15 is 0 Å². The first-order valence-corrected chi connectivity index (χ1v) is 8.47. The molecule has 3 rings (SSSR count). The van der Waals surface area contributed by atoms with E-state index in [1.165, 1.54) is 0 Å². The van der Waals surface area contributed by atoms with E-state index in [4.69, 9.17) is 11.6 Å². The molecule has 128 valence electrons. The van der Waals surface area contributed by atoms with E-state index in [2.05, 4.69) is 5.32 Å². The molecule has 0 aliphatic rings. The van der Waals surface area contributed by atoms with Crippen molar-refractivity contribution >= 4 is 34.0 Å². The van der Waals surface area contributed by atoms with Crippen LogP contribution < -0.4 is 10.2 Å². The molecule has 0 aliphatic heterocycles. The minimum atomic E-state index is -0.120. The molecule has 25 heavy (non-hydrogen) atoms. The Balaban J connectivity index is 1.71. The molecule has 4 nitrogen and oxygen atoms in total. The second-order valence-corrected chi connectivity index (χ2v) is 6.53. The molecule has 1 unspecified atom stereocenters. The highest BCUT2D eigenvalue weighted by Crippen LogP contribution is 2.26. The third-order valence-electron chi connectivity index (χ3n) is 4.10. The van der Waals surface area contributed by atoms with Gasteiger partial charge in [0, 0.05) is 0 Å². The maximum atomic E-state index is 12.3. The third kappa shape index (κ3) is 4.10. The molecule has 0 fully saturated rings. The zero-order chi connectivity index (χ0) is 17.8. The molecular formula is C20H20ClN2O2+. The van der Waals surface area contributed by atoms with Gasteiger partial charge in [-0.25, -0.2) is 0 Å². The van der Waals surface area contributed by atoms with Gasteiger partial charge in [0.1, 0.15) is 12.3 Å². The number of hydrogen-bond acceptors (Lipinski definition) is 2. The van der Waals surface area contributed by atoms with Crippen molar-refractivity contribution in [3.8, 4) is 5.75 Å². The van der Waals surface area contributed by atoms with E-state index in [0.29, 0.717) is 17.3 Å². The summed E-state index contributed by atoms with van der Waals surface area (Å²) < 4.78 is 0. The predicted octanol–water partition coefficient (Wildman–Crippen LogP) is 2.85. The van der Waals surface area contributed by atoms with Crippen LogP contribution >= 0.6 is 11.6 Å². The van der Waals surface area contributed by atoms with Crippen molar-refractivity contribution in [3.05, 3.63) is 71.2 Å². The fourth-order valence-electron chi connectivity index (χ4n) is 2.91. The molecule has 0 saturated heterocycles. The van der Waals surface area contributed by atoms with Crippen LogP contribution in [-0.2, 0) is 11.3 Å². The summed E-state index contributed by atoms with van der Waals surface area (Å²) in [7, 11) is 1.92. The van der Waals surface area contributed by atoms with Crippen LogP contribution in [0.4, 0.5) is 5.69 Å². The van der Waals surface area contributed by atoms with E-state index in [9.17, 15) is 9.90 Å². The van der Waals surface area contributed by atoms with Crippen molar-refractivity contribution in [3.63, 3.8) is 0 Å². The topological polar surface area (TPSA) is 53.8 Å². The Hall–Kier alpha value is -2.56. The van der Waals surface area contributed by atoms with Gasteiger partial charge in [-0.3, -0.25) is 4.79 Å². The fourth-order valence-corrected chi connectivity index (χ4v) is 3.09. The number of halogens is 1. The first-order chi connectivity index (χ1) is 12.0. The minimum Gasteiger partial charge on any atom is -0.507 e. The number of phenolic OH excluding ortho intramolecular Hbond substituents is 1. The van der Waals surface area contributed by atoms with Crippen molar-refractivity contribution in [2.24, 2.45) is 0 Å². The molecule has 0 spiro atoms. The molecule has 1 amide bonds. The largest absolute Gasteiger partial charge is 0.507 e. The van der Waals surface area contributed by atoms with E-state index in [0.717, 1.165) is 21.2 Å². The first-order valence-electron chi connectivity index (χ1n) is 8.10. The average Bonchev–Trinajstić information content (AvgIpc) is 2.59. The summed E-state index contributed by atoms with van der Waals surface area (Å²) in [6, 6.07) is 18.7. The van der Waals surface area contributed by atoms with Crippen LogP contribution in [-0.4, -0.2) is 24.6 Å². The van der Waals surface area contributed by atoms with E-state index in [1.54, 1.807) is 18.2 Å². The number of rotatable bonds is 5. The molecular weight excluding hydrogens is 336 g/mol. The van der Waals surface area contributed by atoms with E-state index in [-0.39, 0.29) is 18.2 Å². The highest BCUT2D eigenvalue weighted by Gasteiger charge is 2.16. The Morgan fingerprint density at radius 1 is 1.08 bits per heavy atom. The predicted molar refractivity (Wildman–Crippen MR) is 101 cm³/mol. The molecule has 0 aliphatic carbocycles. The zero-order valence-electron chi connectivity index (χ0n) is 13.9. The Bertz CT molecular complexity index is 911. The van der Waals surface area contributed by atoms with Crippen LogP contribution in [0.2, 0.25) is 5.02 Å². The molecule has 0 radical (unpaired) electrons.